The molecule has 1 saturated heterocycles. The Balaban J connectivity index is 1.57. The highest BCUT2D eigenvalue weighted by Gasteiger charge is 2.28. The zero-order valence-corrected chi connectivity index (χ0v) is 13.2. The van der Waals surface area contributed by atoms with Crippen molar-refractivity contribution in [2.75, 3.05) is 13.1 Å². The van der Waals surface area contributed by atoms with Crippen molar-refractivity contribution in [2.45, 2.75) is 18.9 Å². The topological polar surface area (TPSA) is 79.7 Å². The van der Waals surface area contributed by atoms with E-state index in [1.54, 1.807) is 24.8 Å². The summed E-state index contributed by atoms with van der Waals surface area (Å²) < 4.78 is 1.94. The Labute approximate surface area is 139 Å². The van der Waals surface area contributed by atoms with E-state index in [0.29, 0.717) is 12.1 Å². The third-order valence-corrected chi connectivity index (χ3v) is 4.42. The maximum Gasteiger partial charge on any atom is 0.257 e. The van der Waals surface area contributed by atoms with E-state index < -0.39 is 0 Å². The Morgan fingerprint density at radius 2 is 2.12 bits per heavy atom. The first-order valence-electron chi connectivity index (χ1n) is 8.05. The van der Waals surface area contributed by atoms with E-state index in [9.17, 15) is 4.79 Å². The van der Waals surface area contributed by atoms with Gasteiger partial charge in [-0.15, -0.1) is 0 Å². The van der Waals surface area contributed by atoms with Crippen molar-refractivity contribution in [3.05, 3.63) is 54.7 Å². The summed E-state index contributed by atoms with van der Waals surface area (Å²) in [5.41, 5.74) is 2.25. The summed E-state index contributed by atoms with van der Waals surface area (Å²) in [5.74, 6) is 0.00687. The number of amides is 1. The van der Waals surface area contributed by atoms with Crippen molar-refractivity contribution in [1.82, 2.24) is 29.9 Å². The highest BCUT2D eigenvalue weighted by atomic mass is 16.2. The molecule has 0 spiro atoms. The second kappa shape index (κ2) is 6.27. The van der Waals surface area contributed by atoms with Gasteiger partial charge in [-0.2, -0.15) is 10.2 Å². The third-order valence-electron chi connectivity index (χ3n) is 4.42. The van der Waals surface area contributed by atoms with Gasteiger partial charge >= 0.3 is 0 Å². The van der Waals surface area contributed by atoms with Gasteiger partial charge in [-0.3, -0.25) is 19.6 Å². The molecule has 122 valence electrons. The summed E-state index contributed by atoms with van der Waals surface area (Å²) in [4.78, 5) is 18.9. The molecule has 1 unspecified atom stereocenters. The number of piperidine rings is 1. The van der Waals surface area contributed by atoms with Crippen molar-refractivity contribution in [2.24, 2.45) is 0 Å². The average molecular weight is 322 g/mol. The van der Waals surface area contributed by atoms with Crippen LogP contribution in [-0.2, 0) is 0 Å². The van der Waals surface area contributed by atoms with Crippen LogP contribution in [0.3, 0.4) is 0 Å². The molecule has 24 heavy (non-hydrogen) atoms. The van der Waals surface area contributed by atoms with E-state index in [1.165, 1.54) is 0 Å². The summed E-state index contributed by atoms with van der Waals surface area (Å²) in [6, 6.07) is 5.88. The number of carbonyl (C=O) groups excluding carboxylic acids is 1. The minimum absolute atomic E-state index is 0.00687. The van der Waals surface area contributed by atoms with Crippen molar-refractivity contribution < 1.29 is 4.79 Å². The van der Waals surface area contributed by atoms with E-state index in [0.717, 1.165) is 30.6 Å². The van der Waals surface area contributed by atoms with Gasteiger partial charge in [0.25, 0.3) is 5.91 Å². The standard InChI is InChI=1S/C17H18N6O/c24-17(15-11-19-21-16(15)13-4-7-18-8-5-13)22-9-1-3-14(12-22)23-10-2-6-20-23/h2,4-8,10-11,14H,1,3,9,12H2,(H,19,21). The van der Waals surface area contributed by atoms with Crippen LogP contribution in [0, 0.1) is 0 Å². The summed E-state index contributed by atoms with van der Waals surface area (Å²) in [5, 5.41) is 11.3. The fraction of sp³-hybridized carbons (Fsp3) is 0.294. The number of H-pyrrole nitrogens is 1. The van der Waals surface area contributed by atoms with Gasteiger partial charge in [-0.25, -0.2) is 0 Å². The smallest absolute Gasteiger partial charge is 0.257 e. The predicted octanol–water partition coefficient (Wildman–Crippen LogP) is 2.15. The summed E-state index contributed by atoms with van der Waals surface area (Å²) >= 11 is 0. The number of nitrogens with zero attached hydrogens (tertiary/aromatic N) is 5. The zero-order chi connectivity index (χ0) is 16.4. The highest BCUT2D eigenvalue weighted by molar-refractivity contribution is 5.99. The first-order valence-corrected chi connectivity index (χ1v) is 8.05. The number of aromatic amines is 1. The SMILES string of the molecule is O=C(c1cn[nH]c1-c1ccncc1)N1CCCC(n2cccn2)C1. The molecule has 1 aliphatic rings. The molecule has 1 atom stereocenters. The van der Waals surface area contributed by atoms with Crippen molar-refractivity contribution >= 4 is 5.91 Å². The van der Waals surface area contributed by atoms with Crippen molar-refractivity contribution in [3.8, 4) is 11.3 Å². The van der Waals surface area contributed by atoms with E-state index in [1.807, 2.05) is 34.0 Å². The molecule has 0 saturated carbocycles. The minimum Gasteiger partial charge on any atom is -0.336 e. The molecule has 1 fully saturated rings. The molecule has 7 nitrogen and oxygen atoms in total. The molecule has 4 heterocycles. The molecule has 0 bridgehead atoms. The molecule has 7 heteroatoms. The van der Waals surface area contributed by atoms with Gasteiger partial charge in [-0.1, -0.05) is 0 Å². The molecule has 1 amide bonds. The summed E-state index contributed by atoms with van der Waals surface area (Å²) in [7, 11) is 0. The van der Waals surface area contributed by atoms with Gasteiger partial charge in [0.05, 0.1) is 23.5 Å². The molecule has 3 aromatic rings. The van der Waals surface area contributed by atoms with Gasteiger partial charge in [0.1, 0.15) is 0 Å². The van der Waals surface area contributed by atoms with Crippen LogP contribution in [0.15, 0.2) is 49.2 Å². The molecule has 0 aliphatic carbocycles. The van der Waals surface area contributed by atoms with E-state index in [4.69, 9.17) is 0 Å². The maximum atomic E-state index is 13.0. The largest absolute Gasteiger partial charge is 0.336 e. The van der Waals surface area contributed by atoms with E-state index in [-0.39, 0.29) is 11.9 Å². The van der Waals surface area contributed by atoms with Crippen LogP contribution in [0.2, 0.25) is 0 Å². The van der Waals surface area contributed by atoms with Crippen LogP contribution in [0.1, 0.15) is 29.2 Å². The number of carbonyl (C=O) groups is 1. The van der Waals surface area contributed by atoms with Gasteiger partial charge in [0.2, 0.25) is 0 Å². The Bertz CT molecular complexity index is 811. The first kappa shape index (κ1) is 14.6. The summed E-state index contributed by atoms with van der Waals surface area (Å²) in [6.45, 7) is 1.43. The lowest BCUT2D eigenvalue weighted by atomic mass is 10.0. The minimum atomic E-state index is 0.00687. The van der Waals surface area contributed by atoms with E-state index in [2.05, 4.69) is 20.3 Å². The predicted molar refractivity (Wildman–Crippen MR) is 88.2 cm³/mol. The van der Waals surface area contributed by atoms with Gasteiger partial charge < -0.3 is 4.90 Å². The lowest BCUT2D eigenvalue weighted by molar-refractivity contribution is 0.0674. The molecule has 4 rings (SSSR count). The average Bonchev–Trinajstić information content (AvgIpc) is 3.34. The lowest BCUT2D eigenvalue weighted by Crippen LogP contribution is -2.40. The Hall–Kier alpha value is -2.96. The van der Waals surface area contributed by atoms with Gasteiger partial charge in [0.15, 0.2) is 0 Å². The molecular weight excluding hydrogens is 304 g/mol. The Morgan fingerprint density at radius 3 is 2.92 bits per heavy atom. The van der Waals surface area contributed by atoms with Crippen LogP contribution in [0.5, 0.6) is 0 Å². The second-order valence-electron chi connectivity index (χ2n) is 5.93. The number of hydrogen-bond acceptors (Lipinski definition) is 4. The number of hydrogen-bond donors (Lipinski definition) is 1. The zero-order valence-electron chi connectivity index (χ0n) is 13.2. The number of aromatic nitrogens is 5. The van der Waals surface area contributed by atoms with Gasteiger partial charge in [-0.05, 0) is 31.0 Å². The third kappa shape index (κ3) is 2.68. The molecule has 0 aromatic carbocycles. The fourth-order valence-electron chi connectivity index (χ4n) is 3.21. The molecule has 3 aromatic heterocycles. The van der Waals surface area contributed by atoms with Crippen LogP contribution in [0.4, 0.5) is 0 Å². The fourth-order valence-corrected chi connectivity index (χ4v) is 3.21. The molecule has 1 N–H and O–H groups in total. The van der Waals surface area contributed by atoms with Crippen LogP contribution in [0.25, 0.3) is 11.3 Å². The molecular formula is C17H18N6O. The number of nitrogens with one attached hydrogen (secondary N) is 1. The van der Waals surface area contributed by atoms with Crippen LogP contribution < -0.4 is 0 Å². The van der Waals surface area contributed by atoms with Gasteiger partial charge in [0, 0.05) is 43.4 Å². The molecule has 1 aliphatic heterocycles. The summed E-state index contributed by atoms with van der Waals surface area (Å²) in [6.07, 6.45) is 10.8. The van der Waals surface area contributed by atoms with Crippen molar-refractivity contribution in [1.29, 1.82) is 0 Å². The maximum absolute atomic E-state index is 13.0. The first-order chi connectivity index (χ1) is 11.8. The van der Waals surface area contributed by atoms with Crippen molar-refractivity contribution in [3.63, 3.8) is 0 Å². The number of rotatable bonds is 3. The number of pyridine rings is 1. The second-order valence-corrected chi connectivity index (χ2v) is 5.93. The lowest BCUT2D eigenvalue weighted by Gasteiger charge is -2.32. The monoisotopic (exact) mass is 322 g/mol. The highest BCUT2D eigenvalue weighted by Crippen LogP contribution is 2.25. The quantitative estimate of drug-likeness (QED) is 0.801. The van der Waals surface area contributed by atoms with Crippen LogP contribution >= 0.6 is 0 Å². The Morgan fingerprint density at radius 1 is 1.25 bits per heavy atom. The van der Waals surface area contributed by atoms with Crippen LogP contribution in [-0.4, -0.2) is 48.9 Å². The van der Waals surface area contributed by atoms with E-state index >= 15 is 0 Å². The normalized spacial score (nSPS) is 17.8. The molecule has 0 radical (unpaired) electrons. The number of likely N-dealkylation sites (tertiary alicyclic amines) is 1. The Kier molecular flexibility index (Phi) is 3.82.